The fourth-order valence-electron chi connectivity index (χ4n) is 2.05. The van der Waals surface area contributed by atoms with E-state index in [9.17, 15) is 4.79 Å². The maximum absolute atomic E-state index is 12.3. The van der Waals surface area contributed by atoms with E-state index < -0.39 is 0 Å². The Hall–Kier alpha value is -1.55. The number of methoxy groups -OCH3 is 1. The van der Waals surface area contributed by atoms with Crippen molar-refractivity contribution >= 4 is 11.6 Å². The number of ether oxygens (including phenoxy) is 1. The second-order valence-corrected chi connectivity index (χ2v) is 5.47. The number of hydrogen-bond acceptors (Lipinski definition) is 3. The Morgan fingerprint density at radius 2 is 1.95 bits per heavy atom. The normalized spacial score (nSPS) is 10.8. The Morgan fingerprint density at radius 3 is 2.50 bits per heavy atom. The van der Waals surface area contributed by atoms with E-state index in [4.69, 9.17) is 10.5 Å². The van der Waals surface area contributed by atoms with Gasteiger partial charge in [0.05, 0.1) is 6.61 Å². The SMILES string of the molecule is COCCN(CC(C)C)C(=O)CCc1ccc(N)cc1. The van der Waals surface area contributed by atoms with Gasteiger partial charge in [0.15, 0.2) is 0 Å². The number of benzene rings is 1. The highest BCUT2D eigenvalue weighted by molar-refractivity contribution is 5.76. The molecule has 1 aromatic carbocycles. The van der Waals surface area contributed by atoms with E-state index in [1.54, 1.807) is 7.11 Å². The van der Waals surface area contributed by atoms with Crippen molar-refractivity contribution in [1.82, 2.24) is 4.90 Å². The van der Waals surface area contributed by atoms with E-state index in [1.165, 1.54) is 0 Å². The van der Waals surface area contributed by atoms with Crippen LogP contribution in [-0.4, -0.2) is 37.6 Å². The molecule has 0 saturated carbocycles. The minimum absolute atomic E-state index is 0.188. The van der Waals surface area contributed by atoms with E-state index >= 15 is 0 Å². The number of anilines is 1. The lowest BCUT2D eigenvalue weighted by Crippen LogP contribution is -2.36. The lowest BCUT2D eigenvalue weighted by atomic mass is 10.1. The number of hydrogen-bond donors (Lipinski definition) is 1. The van der Waals surface area contributed by atoms with Crippen LogP contribution in [0.25, 0.3) is 0 Å². The van der Waals surface area contributed by atoms with Gasteiger partial charge >= 0.3 is 0 Å². The first-order chi connectivity index (χ1) is 9.52. The Bertz CT molecular complexity index is 401. The summed E-state index contributed by atoms with van der Waals surface area (Å²) < 4.78 is 5.07. The average Bonchev–Trinajstić information content (AvgIpc) is 2.42. The summed E-state index contributed by atoms with van der Waals surface area (Å²) in [5, 5.41) is 0. The first kappa shape index (κ1) is 16.5. The third kappa shape index (κ3) is 6.06. The summed E-state index contributed by atoms with van der Waals surface area (Å²) in [4.78, 5) is 14.2. The number of nitrogen functional groups attached to an aromatic ring is 1. The molecular formula is C16H26N2O2. The van der Waals surface area contributed by atoms with Crippen LogP contribution in [0.3, 0.4) is 0 Å². The van der Waals surface area contributed by atoms with Gasteiger partial charge in [0, 0.05) is 32.3 Å². The van der Waals surface area contributed by atoms with E-state index in [1.807, 2.05) is 29.2 Å². The molecule has 1 rings (SSSR count). The first-order valence-electron chi connectivity index (χ1n) is 7.14. The van der Waals surface area contributed by atoms with Gasteiger partial charge in [0.1, 0.15) is 0 Å². The minimum atomic E-state index is 0.188. The summed E-state index contributed by atoms with van der Waals surface area (Å²) in [6.07, 6.45) is 1.28. The molecule has 0 bridgehead atoms. The van der Waals surface area contributed by atoms with Gasteiger partial charge in [-0.15, -0.1) is 0 Å². The summed E-state index contributed by atoms with van der Waals surface area (Å²) in [6, 6.07) is 7.70. The molecule has 4 heteroatoms. The van der Waals surface area contributed by atoms with Gasteiger partial charge in [-0.2, -0.15) is 0 Å². The van der Waals surface area contributed by atoms with Crippen LogP contribution in [0.2, 0.25) is 0 Å². The highest BCUT2D eigenvalue weighted by Crippen LogP contribution is 2.09. The maximum atomic E-state index is 12.3. The molecule has 1 aromatic rings. The molecule has 0 aliphatic rings. The van der Waals surface area contributed by atoms with Crippen molar-refractivity contribution in [1.29, 1.82) is 0 Å². The van der Waals surface area contributed by atoms with Gasteiger partial charge in [-0.05, 0) is 30.0 Å². The topological polar surface area (TPSA) is 55.6 Å². The van der Waals surface area contributed by atoms with Crippen molar-refractivity contribution in [2.24, 2.45) is 5.92 Å². The van der Waals surface area contributed by atoms with Crippen molar-refractivity contribution in [3.05, 3.63) is 29.8 Å². The standard InChI is InChI=1S/C16H26N2O2/c1-13(2)12-18(10-11-20-3)16(19)9-6-14-4-7-15(17)8-5-14/h4-5,7-8,13H,6,9-12,17H2,1-3H3. The smallest absolute Gasteiger partial charge is 0.222 e. The molecule has 1 amide bonds. The number of nitrogens with zero attached hydrogens (tertiary/aromatic N) is 1. The quantitative estimate of drug-likeness (QED) is 0.743. The average molecular weight is 278 g/mol. The van der Waals surface area contributed by atoms with Crippen molar-refractivity contribution in [2.75, 3.05) is 32.5 Å². The van der Waals surface area contributed by atoms with Crippen LogP contribution in [0.5, 0.6) is 0 Å². The molecule has 2 N–H and O–H groups in total. The minimum Gasteiger partial charge on any atom is -0.399 e. The number of nitrogens with two attached hydrogens (primary N) is 1. The predicted octanol–water partition coefficient (Wildman–Crippen LogP) is 2.33. The van der Waals surface area contributed by atoms with Gasteiger partial charge in [-0.1, -0.05) is 26.0 Å². The summed E-state index contributed by atoms with van der Waals surface area (Å²) in [5.74, 6) is 0.653. The largest absolute Gasteiger partial charge is 0.399 e. The molecule has 0 aromatic heterocycles. The van der Waals surface area contributed by atoms with Crippen LogP contribution in [0, 0.1) is 5.92 Å². The van der Waals surface area contributed by atoms with Gasteiger partial charge < -0.3 is 15.4 Å². The number of rotatable bonds is 8. The molecule has 0 atom stereocenters. The van der Waals surface area contributed by atoms with Crippen LogP contribution in [0.4, 0.5) is 5.69 Å². The molecule has 0 unspecified atom stereocenters. The number of carbonyl (C=O) groups is 1. The maximum Gasteiger partial charge on any atom is 0.222 e. The molecular weight excluding hydrogens is 252 g/mol. The van der Waals surface area contributed by atoms with E-state index in [2.05, 4.69) is 13.8 Å². The fraction of sp³-hybridized carbons (Fsp3) is 0.562. The zero-order chi connectivity index (χ0) is 15.0. The number of aryl methyl sites for hydroxylation is 1. The number of carbonyl (C=O) groups excluding carboxylic acids is 1. The summed E-state index contributed by atoms with van der Waals surface area (Å²) in [5.41, 5.74) is 7.55. The molecule has 0 aliphatic heterocycles. The zero-order valence-corrected chi connectivity index (χ0v) is 12.8. The summed E-state index contributed by atoms with van der Waals surface area (Å²) in [7, 11) is 1.66. The monoisotopic (exact) mass is 278 g/mol. The lowest BCUT2D eigenvalue weighted by molar-refractivity contribution is -0.132. The van der Waals surface area contributed by atoms with Crippen LogP contribution in [-0.2, 0) is 16.0 Å². The van der Waals surface area contributed by atoms with Gasteiger partial charge in [0.2, 0.25) is 5.91 Å². The van der Waals surface area contributed by atoms with E-state index in [-0.39, 0.29) is 5.91 Å². The zero-order valence-electron chi connectivity index (χ0n) is 12.8. The molecule has 0 aliphatic carbocycles. The third-order valence-electron chi connectivity index (χ3n) is 3.11. The van der Waals surface area contributed by atoms with E-state index in [0.29, 0.717) is 25.5 Å². The Labute approximate surface area is 121 Å². The van der Waals surface area contributed by atoms with E-state index in [0.717, 1.165) is 24.2 Å². The van der Waals surface area contributed by atoms with Crippen molar-refractivity contribution in [3.8, 4) is 0 Å². The molecule has 112 valence electrons. The van der Waals surface area contributed by atoms with Crippen LogP contribution >= 0.6 is 0 Å². The molecule has 0 fully saturated rings. The van der Waals surface area contributed by atoms with Crippen molar-refractivity contribution < 1.29 is 9.53 Å². The predicted molar refractivity (Wildman–Crippen MR) is 82.5 cm³/mol. The van der Waals surface area contributed by atoms with Crippen LogP contribution in [0.15, 0.2) is 24.3 Å². The second-order valence-electron chi connectivity index (χ2n) is 5.47. The Kier molecular flexibility index (Phi) is 7.09. The van der Waals surface area contributed by atoms with Crippen molar-refractivity contribution in [3.63, 3.8) is 0 Å². The van der Waals surface area contributed by atoms with Crippen molar-refractivity contribution in [2.45, 2.75) is 26.7 Å². The molecule has 4 nitrogen and oxygen atoms in total. The van der Waals surface area contributed by atoms with Crippen LogP contribution in [0.1, 0.15) is 25.8 Å². The summed E-state index contributed by atoms with van der Waals surface area (Å²) in [6.45, 7) is 6.26. The third-order valence-corrected chi connectivity index (χ3v) is 3.11. The highest BCUT2D eigenvalue weighted by atomic mass is 16.5. The second kappa shape index (κ2) is 8.59. The molecule has 0 radical (unpaired) electrons. The molecule has 0 spiro atoms. The molecule has 0 saturated heterocycles. The fourth-order valence-corrected chi connectivity index (χ4v) is 2.05. The first-order valence-corrected chi connectivity index (χ1v) is 7.14. The van der Waals surface area contributed by atoms with Gasteiger partial charge in [0.25, 0.3) is 0 Å². The Morgan fingerprint density at radius 1 is 1.30 bits per heavy atom. The molecule has 0 heterocycles. The Balaban J connectivity index is 2.49. The van der Waals surface area contributed by atoms with Crippen LogP contribution < -0.4 is 5.73 Å². The van der Waals surface area contributed by atoms with Gasteiger partial charge in [-0.3, -0.25) is 4.79 Å². The number of amides is 1. The summed E-state index contributed by atoms with van der Waals surface area (Å²) >= 11 is 0. The highest BCUT2D eigenvalue weighted by Gasteiger charge is 2.14. The lowest BCUT2D eigenvalue weighted by Gasteiger charge is -2.24. The van der Waals surface area contributed by atoms with Gasteiger partial charge in [-0.25, -0.2) is 0 Å². The molecule has 20 heavy (non-hydrogen) atoms.